The average Bonchev–Trinajstić information content (AvgIpc) is 2.12. The number of alkyl halides is 4. The fraction of sp³-hybridized carbons (Fsp3) is 0.714. The summed E-state index contributed by atoms with van der Waals surface area (Å²) in [6.07, 6.45) is -4.34. The minimum absolute atomic E-state index is 0.180. The second-order valence-corrected chi connectivity index (χ2v) is 2.70. The van der Waals surface area contributed by atoms with Gasteiger partial charge in [-0.3, -0.25) is 4.79 Å². The summed E-state index contributed by atoms with van der Waals surface area (Å²) in [5, 5.41) is 9.70. The third-order valence-electron chi connectivity index (χ3n) is 1.59. The maximum Gasteiger partial charge on any atom is 0.383 e. The molecule has 0 saturated heterocycles. The Morgan fingerprint density at radius 1 is 1.40 bits per heavy atom. The van der Waals surface area contributed by atoms with Crippen LogP contribution in [0.25, 0.3) is 0 Å². The lowest BCUT2D eigenvalue weighted by atomic mass is 10.2. The topological polar surface area (TPSA) is 66.4 Å². The smallest absolute Gasteiger partial charge is 0.383 e. The molecule has 0 rings (SSSR count). The second-order valence-electron chi connectivity index (χ2n) is 2.70. The van der Waals surface area contributed by atoms with Gasteiger partial charge in [-0.25, -0.2) is 13.6 Å². The summed E-state index contributed by atoms with van der Waals surface area (Å²) < 4.78 is 48.0. The van der Waals surface area contributed by atoms with E-state index in [4.69, 9.17) is 5.11 Å². The molecule has 0 aliphatic carbocycles. The summed E-state index contributed by atoms with van der Waals surface area (Å²) in [7, 11) is 0. The van der Waals surface area contributed by atoms with Crippen molar-refractivity contribution in [1.29, 1.82) is 0 Å². The molecule has 0 fully saturated rings. The number of halogens is 4. The van der Waals surface area contributed by atoms with Gasteiger partial charge < -0.3 is 10.4 Å². The summed E-state index contributed by atoms with van der Waals surface area (Å²) >= 11 is 0. The first kappa shape index (κ1) is 13.7. The van der Waals surface area contributed by atoms with Crippen LogP contribution in [0, 0.1) is 0 Å². The van der Waals surface area contributed by atoms with Gasteiger partial charge in [0.25, 0.3) is 5.91 Å². The van der Waals surface area contributed by atoms with E-state index in [2.05, 4.69) is 0 Å². The van der Waals surface area contributed by atoms with Crippen LogP contribution >= 0.6 is 0 Å². The minimum Gasteiger partial charge on any atom is -0.480 e. The number of carboxylic acid groups (broad SMARTS) is 1. The van der Waals surface area contributed by atoms with Gasteiger partial charge in [0.15, 0.2) is 0 Å². The van der Waals surface area contributed by atoms with E-state index in [-0.39, 0.29) is 6.42 Å². The van der Waals surface area contributed by atoms with Crippen LogP contribution in [0.2, 0.25) is 0 Å². The number of aliphatic carboxylic acids is 1. The molecule has 0 aromatic rings. The van der Waals surface area contributed by atoms with Crippen molar-refractivity contribution in [2.45, 2.75) is 31.7 Å². The van der Waals surface area contributed by atoms with Gasteiger partial charge in [0.2, 0.25) is 0 Å². The Kier molecular flexibility index (Phi) is 4.50. The van der Waals surface area contributed by atoms with Crippen LogP contribution in [-0.2, 0) is 9.59 Å². The minimum atomic E-state index is -4.87. The Bertz CT molecular complexity index is 257. The fourth-order valence-corrected chi connectivity index (χ4v) is 0.692. The molecule has 1 amide bonds. The molecular formula is C7H9F4NO3. The van der Waals surface area contributed by atoms with Crippen molar-refractivity contribution in [2.75, 3.05) is 0 Å². The molecule has 0 radical (unpaired) electrons. The summed E-state index contributed by atoms with van der Waals surface area (Å²) in [5.74, 6) is -8.72. The Hall–Kier alpha value is -1.34. The van der Waals surface area contributed by atoms with Crippen LogP contribution < -0.4 is 5.32 Å². The fourth-order valence-electron chi connectivity index (χ4n) is 0.692. The average molecular weight is 231 g/mol. The number of nitrogens with one attached hydrogen (secondary N) is 1. The van der Waals surface area contributed by atoms with Gasteiger partial charge in [-0.15, -0.1) is 0 Å². The summed E-state index contributed by atoms with van der Waals surface area (Å²) in [5.41, 5.74) is 0. The van der Waals surface area contributed by atoms with Crippen molar-refractivity contribution < 1.29 is 32.3 Å². The maximum absolute atomic E-state index is 12.3. The zero-order valence-corrected chi connectivity index (χ0v) is 7.64. The number of carbonyl (C=O) groups excluding carboxylic acids is 1. The Morgan fingerprint density at radius 2 is 1.87 bits per heavy atom. The molecule has 4 nitrogen and oxygen atoms in total. The molecule has 0 aromatic heterocycles. The van der Waals surface area contributed by atoms with Crippen LogP contribution in [0.15, 0.2) is 0 Å². The van der Waals surface area contributed by atoms with Crippen molar-refractivity contribution >= 4 is 11.9 Å². The molecule has 0 saturated carbocycles. The van der Waals surface area contributed by atoms with Crippen molar-refractivity contribution in [3.8, 4) is 0 Å². The van der Waals surface area contributed by atoms with Gasteiger partial charge >= 0.3 is 18.3 Å². The van der Waals surface area contributed by atoms with Crippen molar-refractivity contribution in [2.24, 2.45) is 0 Å². The number of rotatable bonds is 5. The lowest BCUT2D eigenvalue weighted by Gasteiger charge is -2.18. The van der Waals surface area contributed by atoms with Gasteiger partial charge in [0.1, 0.15) is 6.04 Å². The summed E-state index contributed by atoms with van der Waals surface area (Å²) in [4.78, 5) is 20.9. The number of hydrogen-bond acceptors (Lipinski definition) is 2. The molecule has 1 atom stereocenters. The number of hydrogen-bond donors (Lipinski definition) is 2. The highest BCUT2D eigenvalue weighted by Crippen LogP contribution is 2.22. The third-order valence-corrected chi connectivity index (χ3v) is 1.59. The zero-order valence-electron chi connectivity index (χ0n) is 7.64. The highest BCUT2D eigenvalue weighted by atomic mass is 19.3. The molecule has 0 bridgehead atoms. The van der Waals surface area contributed by atoms with Gasteiger partial charge in [-0.1, -0.05) is 6.92 Å². The SMILES string of the molecule is CC[C@@H](NC(=O)C(F)(F)C(F)F)C(=O)O. The number of carbonyl (C=O) groups is 2. The van der Waals surface area contributed by atoms with Crippen LogP contribution in [-0.4, -0.2) is 35.4 Å². The van der Waals surface area contributed by atoms with E-state index in [0.717, 1.165) is 0 Å². The largest absolute Gasteiger partial charge is 0.480 e. The molecule has 2 N–H and O–H groups in total. The van der Waals surface area contributed by atoms with E-state index in [0.29, 0.717) is 0 Å². The third kappa shape index (κ3) is 3.37. The molecule has 88 valence electrons. The zero-order chi connectivity index (χ0) is 12.2. The molecule has 0 heterocycles. The van der Waals surface area contributed by atoms with E-state index < -0.39 is 30.3 Å². The summed E-state index contributed by atoms with van der Waals surface area (Å²) in [6, 6.07) is -1.60. The lowest BCUT2D eigenvalue weighted by molar-refractivity contribution is -0.171. The molecule has 0 aliphatic rings. The normalized spacial score (nSPS) is 13.7. The molecule has 15 heavy (non-hydrogen) atoms. The van der Waals surface area contributed by atoms with Gasteiger partial charge in [-0.2, -0.15) is 8.78 Å². The van der Waals surface area contributed by atoms with Crippen LogP contribution in [0.1, 0.15) is 13.3 Å². The summed E-state index contributed by atoms with van der Waals surface area (Å²) in [6.45, 7) is 1.31. The van der Waals surface area contributed by atoms with Crippen LogP contribution in [0.3, 0.4) is 0 Å². The van der Waals surface area contributed by atoms with Gasteiger partial charge in [0, 0.05) is 0 Å². The van der Waals surface area contributed by atoms with Gasteiger partial charge in [0.05, 0.1) is 0 Å². The van der Waals surface area contributed by atoms with Crippen molar-refractivity contribution in [1.82, 2.24) is 5.32 Å². The Labute approximate surface area is 82.3 Å². The van der Waals surface area contributed by atoms with E-state index in [1.165, 1.54) is 12.2 Å². The van der Waals surface area contributed by atoms with E-state index in [1.54, 1.807) is 0 Å². The van der Waals surface area contributed by atoms with E-state index in [1.807, 2.05) is 0 Å². The highest BCUT2D eigenvalue weighted by Gasteiger charge is 2.49. The molecule has 0 unspecified atom stereocenters. The first-order chi connectivity index (χ1) is 6.73. The molecule has 0 aromatic carbocycles. The predicted octanol–water partition coefficient (Wildman–Crippen LogP) is 0.866. The lowest BCUT2D eigenvalue weighted by Crippen LogP contribution is -2.51. The maximum atomic E-state index is 12.3. The highest BCUT2D eigenvalue weighted by molar-refractivity contribution is 5.88. The quantitative estimate of drug-likeness (QED) is 0.690. The number of carboxylic acids is 1. The van der Waals surface area contributed by atoms with Crippen molar-refractivity contribution in [3.05, 3.63) is 0 Å². The predicted molar refractivity (Wildman–Crippen MR) is 40.8 cm³/mol. The first-order valence-electron chi connectivity index (χ1n) is 3.93. The standard InChI is InChI=1S/C7H9F4NO3/c1-2-3(4(13)14)12-6(15)7(10,11)5(8)9/h3,5H,2H2,1H3,(H,12,15)(H,13,14)/t3-/m1/s1. The molecule has 0 aliphatic heterocycles. The Morgan fingerprint density at radius 3 is 2.13 bits per heavy atom. The molecule has 8 heteroatoms. The van der Waals surface area contributed by atoms with Crippen LogP contribution in [0.4, 0.5) is 17.6 Å². The Balaban J connectivity index is 4.54. The van der Waals surface area contributed by atoms with E-state index in [9.17, 15) is 27.2 Å². The van der Waals surface area contributed by atoms with E-state index >= 15 is 0 Å². The molecule has 0 spiro atoms. The molecular weight excluding hydrogens is 222 g/mol. The van der Waals surface area contributed by atoms with Crippen molar-refractivity contribution in [3.63, 3.8) is 0 Å². The second kappa shape index (κ2) is 4.94. The monoisotopic (exact) mass is 231 g/mol. The van der Waals surface area contributed by atoms with Gasteiger partial charge in [-0.05, 0) is 6.42 Å². The number of amides is 1. The first-order valence-corrected chi connectivity index (χ1v) is 3.93. The van der Waals surface area contributed by atoms with Crippen LogP contribution in [0.5, 0.6) is 0 Å².